The molecule has 0 spiro atoms. The first-order valence-electron chi connectivity index (χ1n) is 7.14. The van der Waals surface area contributed by atoms with E-state index in [0.717, 1.165) is 25.7 Å². The highest BCUT2D eigenvalue weighted by Gasteiger charge is 2.26. The van der Waals surface area contributed by atoms with Crippen LogP contribution in [0, 0.1) is 5.82 Å². The first kappa shape index (κ1) is 14.9. The minimum Gasteiger partial charge on any atom is -0.366 e. The van der Waals surface area contributed by atoms with E-state index >= 15 is 0 Å². The normalized spacial score (nSPS) is 14.8. The fraction of sp³-hybridized carbons (Fsp3) is 0.533. The SMILES string of the molecule is CCN(CCNCc1cc(C(N)=O)ccc1F)C1CC1. The number of rotatable bonds is 8. The van der Waals surface area contributed by atoms with Crippen LogP contribution in [0.15, 0.2) is 18.2 Å². The Hall–Kier alpha value is -1.46. The highest BCUT2D eigenvalue weighted by molar-refractivity contribution is 5.92. The van der Waals surface area contributed by atoms with Gasteiger partial charge in [0.25, 0.3) is 0 Å². The Bertz CT molecular complexity index is 474. The lowest BCUT2D eigenvalue weighted by atomic mass is 10.1. The molecule has 20 heavy (non-hydrogen) atoms. The fourth-order valence-corrected chi connectivity index (χ4v) is 2.35. The second kappa shape index (κ2) is 6.81. The van der Waals surface area contributed by atoms with Crippen molar-refractivity contribution in [3.63, 3.8) is 0 Å². The van der Waals surface area contributed by atoms with Crippen LogP contribution in [0.4, 0.5) is 4.39 Å². The molecule has 4 nitrogen and oxygen atoms in total. The van der Waals surface area contributed by atoms with Gasteiger partial charge in [-0.3, -0.25) is 9.69 Å². The highest BCUT2D eigenvalue weighted by atomic mass is 19.1. The minimum absolute atomic E-state index is 0.308. The Kier molecular flexibility index (Phi) is 5.09. The second-order valence-corrected chi connectivity index (χ2v) is 5.21. The molecule has 0 saturated heterocycles. The van der Waals surface area contributed by atoms with E-state index in [0.29, 0.717) is 17.7 Å². The van der Waals surface area contributed by atoms with Crippen molar-refractivity contribution in [3.05, 3.63) is 35.1 Å². The molecule has 0 aliphatic heterocycles. The van der Waals surface area contributed by atoms with Gasteiger partial charge < -0.3 is 11.1 Å². The van der Waals surface area contributed by atoms with Crippen LogP contribution in [0.2, 0.25) is 0 Å². The largest absolute Gasteiger partial charge is 0.366 e. The number of halogens is 1. The summed E-state index contributed by atoms with van der Waals surface area (Å²) in [4.78, 5) is 13.5. The zero-order valence-corrected chi connectivity index (χ0v) is 11.9. The third kappa shape index (κ3) is 4.02. The first-order valence-corrected chi connectivity index (χ1v) is 7.14. The number of hydrogen-bond acceptors (Lipinski definition) is 3. The number of carbonyl (C=O) groups excluding carboxylic acids is 1. The zero-order valence-electron chi connectivity index (χ0n) is 11.9. The van der Waals surface area contributed by atoms with Gasteiger partial charge in [0, 0.05) is 36.8 Å². The van der Waals surface area contributed by atoms with E-state index in [1.165, 1.54) is 31.0 Å². The Labute approximate surface area is 119 Å². The van der Waals surface area contributed by atoms with Crippen molar-refractivity contribution in [2.45, 2.75) is 32.4 Å². The van der Waals surface area contributed by atoms with E-state index in [-0.39, 0.29) is 5.82 Å². The molecule has 1 aliphatic rings. The summed E-state index contributed by atoms with van der Waals surface area (Å²) in [7, 11) is 0. The van der Waals surface area contributed by atoms with Gasteiger partial charge >= 0.3 is 0 Å². The maximum atomic E-state index is 13.6. The minimum atomic E-state index is -0.530. The van der Waals surface area contributed by atoms with Crippen LogP contribution in [-0.4, -0.2) is 36.5 Å². The number of nitrogens with zero attached hydrogens (tertiary/aromatic N) is 1. The van der Waals surface area contributed by atoms with Gasteiger partial charge in [-0.15, -0.1) is 0 Å². The topological polar surface area (TPSA) is 58.4 Å². The lowest BCUT2D eigenvalue weighted by Gasteiger charge is -2.19. The van der Waals surface area contributed by atoms with Crippen molar-refractivity contribution in [1.82, 2.24) is 10.2 Å². The molecule has 1 aromatic carbocycles. The second-order valence-electron chi connectivity index (χ2n) is 5.21. The van der Waals surface area contributed by atoms with Gasteiger partial charge in [-0.25, -0.2) is 4.39 Å². The average molecular weight is 279 g/mol. The summed E-state index contributed by atoms with van der Waals surface area (Å²) in [6.45, 7) is 5.41. The van der Waals surface area contributed by atoms with Crippen LogP contribution in [0.25, 0.3) is 0 Å². The number of carbonyl (C=O) groups is 1. The van der Waals surface area contributed by atoms with Crippen LogP contribution in [0.3, 0.4) is 0 Å². The summed E-state index contributed by atoms with van der Waals surface area (Å²) in [6.07, 6.45) is 2.59. The predicted molar refractivity (Wildman–Crippen MR) is 76.9 cm³/mol. The third-order valence-corrected chi connectivity index (χ3v) is 3.69. The zero-order chi connectivity index (χ0) is 14.5. The van der Waals surface area contributed by atoms with E-state index in [1.54, 1.807) is 0 Å². The summed E-state index contributed by atoms with van der Waals surface area (Å²) in [5.41, 5.74) is 6.02. The van der Waals surface area contributed by atoms with Crippen LogP contribution < -0.4 is 11.1 Å². The maximum absolute atomic E-state index is 13.6. The summed E-state index contributed by atoms with van der Waals surface area (Å²) in [6, 6.07) is 4.97. The van der Waals surface area contributed by atoms with Gasteiger partial charge in [-0.2, -0.15) is 0 Å². The van der Waals surface area contributed by atoms with E-state index in [4.69, 9.17) is 5.73 Å². The maximum Gasteiger partial charge on any atom is 0.248 e. The predicted octanol–water partition coefficient (Wildman–Crippen LogP) is 1.50. The van der Waals surface area contributed by atoms with Crippen molar-refractivity contribution in [1.29, 1.82) is 0 Å². The van der Waals surface area contributed by atoms with E-state index in [2.05, 4.69) is 17.1 Å². The standard InChI is InChI=1S/C15H22FN3O/c1-2-19(13-4-5-13)8-7-18-10-12-9-11(15(17)20)3-6-14(12)16/h3,6,9,13,18H,2,4-5,7-8,10H2,1H3,(H2,17,20). The smallest absolute Gasteiger partial charge is 0.248 e. The van der Waals surface area contributed by atoms with Crippen LogP contribution in [0.5, 0.6) is 0 Å². The van der Waals surface area contributed by atoms with Gasteiger partial charge in [-0.05, 0) is 37.6 Å². The van der Waals surface area contributed by atoms with Crippen molar-refractivity contribution in [2.24, 2.45) is 5.73 Å². The number of primary amides is 1. The van der Waals surface area contributed by atoms with E-state index in [9.17, 15) is 9.18 Å². The fourth-order valence-electron chi connectivity index (χ4n) is 2.35. The molecule has 1 fully saturated rings. The van der Waals surface area contributed by atoms with Crippen LogP contribution >= 0.6 is 0 Å². The number of benzene rings is 1. The number of hydrogen-bond donors (Lipinski definition) is 2. The summed E-state index contributed by atoms with van der Waals surface area (Å²) >= 11 is 0. The monoisotopic (exact) mass is 279 g/mol. The first-order chi connectivity index (χ1) is 9.61. The quantitative estimate of drug-likeness (QED) is 0.709. The van der Waals surface area contributed by atoms with Gasteiger partial charge in [-0.1, -0.05) is 6.92 Å². The molecule has 1 saturated carbocycles. The highest BCUT2D eigenvalue weighted by Crippen LogP contribution is 2.25. The molecular formula is C15H22FN3O. The van der Waals surface area contributed by atoms with Crippen molar-refractivity contribution in [2.75, 3.05) is 19.6 Å². The van der Waals surface area contributed by atoms with Gasteiger partial charge in [0.2, 0.25) is 5.91 Å². The van der Waals surface area contributed by atoms with Crippen LogP contribution in [-0.2, 0) is 6.54 Å². The molecule has 0 unspecified atom stereocenters. The van der Waals surface area contributed by atoms with Crippen molar-refractivity contribution in [3.8, 4) is 0 Å². The van der Waals surface area contributed by atoms with E-state index < -0.39 is 5.91 Å². The summed E-state index contributed by atoms with van der Waals surface area (Å²) in [5.74, 6) is -0.839. The van der Waals surface area contributed by atoms with Gasteiger partial charge in [0.05, 0.1) is 0 Å². The lowest BCUT2D eigenvalue weighted by Crippen LogP contribution is -2.33. The lowest BCUT2D eigenvalue weighted by molar-refractivity contribution is 0.1000. The molecule has 3 N–H and O–H groups in total. The van der Waals surface area contributed by atoms with Gasteiger partial charge in [0.1, 0.15) is 5.82 Å². The molecule has 0 atom stereocenters. The molecule has 0 aromatic heterocycles. The molecule has 0 radical (unpaired) electrons. The molecule has 1 aliphatic carbocycles. The Morgan fingerprint density at radius 1 is 1.50 bits per heavy atom. The summed E-state index contributed by atoms with van der Waals surface area (Å²) < 4.78 is 13.6. The number of likely N-dealkylation sites (N-methyl/N-ethyl adjacent to an activating group) is 1. The van der Waals surface area contributed by atoms with Crippen molar-refractivity contribution >= 4 is 5.91 Å². The Morgan fingerprint density at radius 3 is 2.85 bits per heavy atom. The Balaban J connectivity index is 1.81. The molecular weight excluding hydrogens is 257 g/mol. The number of amides is 1. The third-order valence-electron chi connectivity index (χ3n) is 3.69. The summed E-state index contributed by atoms with van der Waals surface area (Å²) in [5, 5.41) is 3.22. The van der Waals surface area contributed by atoms with Crippen molar-refractivity contribution < 1.29 is 9.18 Å². The molecule has 0 heterocycles. The van der Waals surface area contributed by atoms with E-state index in [1.807, 2.05) is 0 Å². The molecule has 0 bridgehead atoms. The molecule has 2 rings (SSSR count). The molecule has 110 valence electrons. The average Bonchev–Trinajstić information content (AvgIpc) is 3.25. The van der Waals surface area contributed by atoms with Crippen LogP contribution in [0.1, 0.15) is 35.7 Å². The molecule has 5 heteroatoms. The molecule has 1 aromatic rings. The van der Waals surface area contributed by atoms with Gasteiger partial charge in [0.15, 0.2) is 0 Å². The number of nitrogens with one attached hydrogen (secondary N) is 1. The number of nitrogens with two attached hydrogens (primary N) is 1. The molecule has 1 amide bonds. The Morgan fingerprint density at radius 2 is 2.25 bits per heavy atom.